The van der Waals surface area contributed by atoms with Crippen LogP contribution in [0.5, 0.6) is 0 Å². The molecule has 62 valence electrons. The molecule has 0 aliphatic carbocycles. The van der Waals surface area contributed by atoms with Gasteiger partial charge in [-0.25, -0.2) is 0 Å². The third-order valence-corrected chi connectivity index (χ3v) is 1.56. The summed E-state index contributed by atoms with van der Waals surface area (Å²) in [5.74, 6) is 0.0810. The first-order valence-electron chi connectivity index (χ1n) is 4.10. The minimum absolute atomic E-state index is 0.0810. The molecule has 1 rings (SSSR count). The number of hydrogen-bond donors (Lipinski definition) is 0. The zero-order valence-corrected chi connectivity index (χ0v) is 7.16. The van der Waals surface area contributed by atoms with E-state index in [1.54, 1.807) is 6.08 Å². The fraction of sp³-hybridized carbons (Fsp3) is 0.182. The topological polar surface area (TPSA) is 17.1 Å². The van der Waals surface area contributed by atoms with Crippen LogP contribution in [0.25, 0.3) is 0 Å². The lowest BCUT2D eigenvalue weighted by atomic mass is 10.1. The van der Waals surface area contributed by atoms with Gasteiger partial charge >= 0.3 is 0 Å². The second-order valence-electron chi connectivity index (χ2n) is 2.54. The van der Waals surface area contributed by atoms with Crippen LogP contribution >= 0.6 is 0 Å². The zero-order chi connectivity index (χ0) is 8.81. The number of rotatable bonds is 3. The Hall–Kier alpha value is -1.37. The number of carbonyl (C=O) groups excluding carboxylic acids is 1. The van der Waals surface area contributed by atoms with Crippen LogP contribution in [-0.2, 0) is 0 Å². The molecule has 0 atom stereocenters. The van der Waals surface area contributed by atoms with Crippen LogP contribution < -0.4 is 0 Å². The van der Waals surface area contributed by atoms with Gasteiger partial charge in [0.1, 0.15) is 0 Å². The van der Waals surface area contributed by atoms with Gasteiger partial charge in [-0.2, -0.15) is 0 Å². The fourth-order valence-corrected chi connectivity index (χ4v) is 0.924. The van der Waals surface area contributed by atoms with Gasteiger partial charge < -0.3 is 0 Å². The lowest BCUT2D eigenvalue weighted by Crippen LogP contribution is -1.92. The number of allylic oxidation sites excluding steroid dienone is 2. The Bertz CT molecular complexity index is 272. The Morgan fingerprint density at radius 2 is 2.00 bits per heavy atom. The van der Waals surface area contributed by atoms with E-state index in [0.29, 0.717) is 0 Å². The number of carbonyl (C=O) groups is 1. The maximum absolute atomic E-state index is 11.3. The molecule has 0 aliphatic heterocycles. The largest absolute Gasteiger partial charge is 0.289 e. The van der Waals surface area contributed by atoms with Crippen LogP contribution in [0.3, 0.4) is 0 Å². The highest BCUT2D eigenvalue weighted by Gasteiger charge is 1.97. The maximum atomic E-state index is 11.3. The van der Waals surface area contributed by atoms with Gasteiger partial charge in [0, 0.05) is 5.56 Å². The molecule has 0 N–H and O–H groups in total. The molecule has 0 saturated heterocycles. The predicted octanol–water partition coefficient (Wildman–Crippen LogP) is 2.84. The number of hydrogen-bond acceptors (Lipinski definition) is 1. The van der Waals surface area contributed by atoms with Crippen molar-refractivity contribution in [3.05, 3.63) is 48.0 Å². The van der Waals surface area contributed by atoms with E-state index in [2.05, 4.69) is 0 Å². The van der Waals surface area contributed by atoms with Crippen LogP contribution in [0.2, 0.25) is 0 Å². The summed E-state index contributed by atoms with van der Waals surface area (Å²) in [6.45, 7) is 2.01. The Morgan fingerprint density at radius 1 is 1.33 bits per heavy atom. The van der Waals surface area contributed by atoms with Crippen molar-refractivity contribution in [2.45, 2.75) is 13.3 Å². The first-order valence-corrected chi connectivity index (χ1v) is 4.10. The molecule has 0 bridgehead atoms. The molecule has 0 aromatic heterocycles. The van der Waals surface area contributed by atoms with Gasteiger partial charge in [-0.3, -0.25) is 4.79 Å². The normalized spacial score (nSPS) is 10.4. The van der Waals surface area contributed by atoms with Crippen molar-refractivity contribution in [2.24, 2.45) is 0 Å². The number of ketones is 1. The minimum Gasteiger partial charge on any atom is -0.289 e. The van der Waals surface area contributed by atoms with E-state index in [4.69, 9.17) is 0 Å². The van der Waals surface area contributed by atoms with E-state index in [0.717, 1.165) is 12.0 Å². The van der Waals surface area contributed by atoms with Crippen LogP contribution in [0.4, 0.5) is 0 Å². The lowest BCUT2D eigenvalue weighted by molar-refractivity contribution is 0.104. The molecule has 0 fully saturated rings. The zero-order valence-electron chi connectivity index (χ0n) is 7.16. The molecule has 12 heavy (non-hydrogen) atoms. The fourth-order valence-electron chi connectivity index (χ4n) is 0.924. The second-order valence-corrected chi connectivity index (χ2v) is 2.54. The van der Waals surface area contributed by atoms with Crippen LogP contribution in [-0.4, -0.2) is 5.78 Å². The lowest BCUT2D eigenvalue weighted by Gasteiger charge is -1.92. The Balaban J connectivity index is 2.72. The molecule has 1 heteroatoms. The third kappa shape index (κ3) is 2.35. The van der Waals surface area contributed by atoms with Gasteiger partial charge in [0.15, 0.2) is 5.78 Å². The molecule has 1 nitrogen and oxygen atoms in total. The summed E-state index contributed by atoms with van der Waals surface area (Å²) in [6.07, 6.45) is 4.39. The third-order valence-electron chi connectivity index (χ3n) is 1.56. The molecular weight excluding hydrogens is 148 g/mol. The molecule has 0 spiro atoms. The first-order chi connectivity index (χ1) is 5.84. The molecule has 0 saturated carbocycles. The van der Waals surface area contributed by atoms with E-state index in [-0.39, 0.29) is 5.78 Å². The summed E-state index contributed by atoms with van der Waals surface area (Å²) >= 11 is 0. The van der Waals surface area contributed by atoms with Crippen molar-refractivity contribution < 1.29 is 4.79 Å². The quantitative estimate of drug-likeness (QED) is 0.491. The monoisotopic (exact) mass is 160 g/mol. The smallest absolute Gasteiger partial charge is 0.185 e. The summed E-state index contributed by atoms with van der Waals surface area (Å²) in [4.78, 5) is 11.3. The average molecular weight is 160 g/mol. The Kier molecular flexibility index (Phi) is 3.27. The molecule has 1 aromatic rings. The first kappa shape index (κ1) is 8.72. The summed E-state index contributed by atoms with van der Waals surface area (Å²) in [5, 5.41) is 0. The van der Waals surface area contributed by atoms with Crippen molar-refractivity contribution in [2.75, 3.05) is 0 Å². The summed E-state index contributed by atoms with van der Waals surface area (Å²) in [5.41, 5.74) is 0.752. The highest BCUT2D eigenvalue weighted by atomic mass is 16.1. The van der Waals surface area contributed by atoms with Crippen molar-refractivity contribution in [3.8, 4) is 0 Å². The maximum Gasteiger partial charge on any atom is 0.185 e. The van der Waals surface area contributed by atoms with E-state index in [1.807, 2.05) is 43.3 Å². The van der Waals surface area contributed by atoms with Gasteiger partial charge in [-0.15, -0.1) is 0 Å². The Morgan fingerprint density at radius 3 is 2.58 bits per heavy atom. The van der Waals surface area contributed by atoms with Gasteiger partial charge in [0.2, 0.25) is 0 Å². The summed E-state index contributed by atoms with van der Waals surface area (Å²) < 4.78 is 0. The van der Waals surface area contributed by atoms with Gasteiger partial charge in [-0.1, -0.05) is 43.3 Å². The highest BCUT2D eigenvalue weighted by Crippen LogP contribution is 2.00. The van der Waals surface area contributed by atoms with E-state index in [9.17, 15) is 4.79 Å². The highest BCUT2D eigenvalue weighted by molar-refractivity contribution is 6.04. The van der Waals surface area contributed by atoms with E-state index in [1.165, 1.54) is 0 Å². The van der Waals surface area contributed by atoms with Crippen LogP contribution in [0.1, 0.15) is 23.7 Å². The molecule has 0 heterocycles. The van der Waals surface area contributed by atoms with Gasteiger partial charge in [-0.05, 0) is 12.5 Å². The summed E-state index contributed by atoms with van der Waals surface area (Å²) in [7, 11) is 0. The molecule has 1 aromatic carbocycles. The van der Waals surface area contributed by atoms with Crippen molar-refractivity contribution in [1.29, 1.82) is 0 Å². The molecule has 0 unspecified atom stereocenters. The molecular formula is C11H12O. The van der Waals surface area contributed by atoms with Crippen LogP contribution in [0, 0.1) is 0 Å². The molecule has 0 aliphatic rings. The van der Waals surface area contributed by atoms with Crippen LogP contribution in [0.15, 0.2) is 42.5 Å². The van der Waals surface area contributed by atoms with Gasteiger partial charge in [0.25, 0.3) is 0 Å². The number of benzene rings is 1. The minimum atomic E-state index is 0.0810. The van der Waals surface area contributed by atoms with E-state index >= 15 is 0 Å². The van der Waals surface area contributed by atoms with E-state index < -0.39 is 0 Å². The molecule has 0 radical (unpaired) electrons. The molecule has 0 amide bonds. The van der Waals surface area contributed by atoms with Crippen molar-refractivity contribution >= 4 is 5.78 Å². The van der Waals surface area contributed by atoms with Crippen molar-refractivity contribution in [1.82, 2.24) is 0 Å². The average Bonchev–Trinajstić information content (AvgIpc) is 2.15. The SMILES string of the molecule is CC/C=C/C(=O)c1ccccc1. The Labute approximate surface area is 72.7 Å². The summed E-state index contributed by atoms with van der Waals surface area (Å²) in [6, 6.07) is 9.28. The standard InChI is InChI=1S/C11H12O/c1-2-3-9-11(12)10-7-5-4-6-8-10/h3-9H,2H2,1H3/b9-3+. The predicted molar refractivity (Wildman–Crippen MR) is 50.2 cm³/mol. The second kappa shape index (κ2) is 4.50. The van der Waals surface area contributed by atoms with Crippen molar-refractivity contribution in [3.63, 3.8) is 0 Å². The van der Waals surface area contributed by atoms with Gasteiger partial charge in [0.05, 0.1) is 0 Å².